The molecule has 4 nitrogen and oxygen atoms in total. The zero-order valence-electron chi connectivity index (χ0n) is 8.09. The number of nitrogens with zero attached hydrogens (tertiary/aromatic N) is 2. The van der Waals surface area contributed by atoms with Gasteiger partial charge >= 0.3 is 5.97 Å². The highest BCUT2D eigenvalue weighted by Crippen LogP contribution is 2.24. The molecule has 0 unspecified atom stereocenters. The Morgan fingerprint density at radius 3 is 2.38 bits per heavy atom. The molecule has 1 N–H and O–H groups in total. The molecule has 0 amide bonds. The molecule has 0 radical (unpaired) electrons. The molecule has 0 fully saturated rings. The van der Waals surface area contributed by atoms with E-state index in [2.05, 4.69) is 25.9 Å². The van der Waals surface area contributed by atoms with Crippen LogP contribution in [-0.2, 0) is 0 Å². The van der Waals surface area contributed by atoms with Crippen molar-refractivity contribution in [2.45, 2.75) is 0 Å². The first kappa shape index (κ1) is 10.8. The van der Waals surface area contributed by atoms with Crippen molar-refractivity contribution < 1.29 is 9.90 Å². The maximum absolute atomic E-state index is 10.6. The van der Waals surface area contributed by atoms with Gasteiger partial charge in [-0.3, -0.25) is 0 Å². The molecule has 0 saturated carbocycles. The minimum Gasteiger partial charge on any atom is -0.478 e. The van der Waals surface area contributed by atoms with E-state index in [1.165, 1.54) is 12.4 Å². The van der Waals surface area contributed by atoms with Crippen LogP contribution in [0, 0.1) is 0 Å². The monoisotopic (exact) mass is 278 g/mol. The van der Waals surface area contributed by atoms with E-state index in [9.17, 15) is 4.79 Å². The minimum atomic E-state index is -1.03. The molecule has 5 heteroatoms. The van der Waals surface area contributed by atoms with Crippen molar-refractivity contribution in [2.75, 3.05) is 0 Å². The highest BCUT2D eigenvalue weighted by Gasteiger charge is 2.07. The van der Waals surface area contributed by atoms with Crippen molar-refractivity contribution in [2.24, 2.45) is 0 Å². The number of benzene rings is 1. The van der Waals surface area contributed by atoms with Gasteiger partial charge in [-0.25, -0.2) is 14.8 Å². The number of carboxylic acids is 1. The van der Waals surface area contributed by atoms with Crippen molar-refractivity contribution in [1.82, 2.24) is 9.97 Å². The summed E-state index contributed by atoms with van der Waals surface area (Å²) in [5, 5.41) is 8.71. The topological polar surface area (TPSA) is 63.1 Å². The van der Waals surface area contributed by atoms with Crippen LogP contribution in [-0.4, -0.2) is 21.0 Å². The lowest BCUT2D eigenvalue weighted by atomic mass is 10.2. The molecule has 0 saturated heterocycles. The Kier molecular flexibility index (Phi) is 2.96. The number of carboxylic acid groups (broad SMARTS) is 1. The number of rotatable bonds is 2. The van der Waals surface area contributed by atoms with E-state index in [0.29, 0.717) is 5.82 Å². The first-order valence-electron chi connectivity index (χ1n) is 4.49. The number of halogens is 1. The second-order valence-corrected chi connectivity index (χ2v) is 3.93. The Bertz CT molecular complexity index is 526. The predicted octanol–water partition coefficient (Wildman–Crippen LogP) is 2.60. The molecule has 2 aromatic rings. The Balaban J connectivity index is 2.43. The molecule has 16 heavy (non-hydrogen) atoms. The number of carbonyl (C=O) groups is 1. The summed E-state index contributed by atoms with van der Waals surface area (Å²) in [5.41, 5.74) is 0.912. The predicted molar refractivity (Wildman–Crippen MR) is 62.1 cm³/mol. The van der Waals surface area contributed by atoms with Crippen molar-refractivity contribution in [3.63, 3.8) is 0 Å². The van der Waals surface area contributed by atoms with Gasteiger partial charge in [0.15, 0.2) is 5.82 Å². The van der Waals surface area contributed by atoms with E-state index in [1.807, 2.05) is 24.3 Å². The van der Waals surface area contributed by atoms with E-state index in [1.54, 1.807) is 0 Å². The smallest absolute Gasteiger partial charge is 0.338 e. The van der Waals surface area contributed by atoms with Gasteiger partial charge in [0.25, 0.3) is 0 Å². The Labute approximate surface area is 100 Å². The summed E-state index contributed by atoms with van der Waals surface area (Å²) in [6.07, 6.45) is 2.59. The van der Waals surface area contributed by atoms with Crippen molar-refractivity contribution in [3.05, 3.63) is 46.7 Å². The second-order valence-electron chi connectivity index (χ2n) is 3.08. The van der Waals surface area contributed by atoms with Crippen molar-refractivity contribution >= 4 is 21.9 Å². The maximum Gasteiger partial charge on any atom is 0.338 e. The third-order valence-corrected chi connectivity index (χ3v) is 2.71. The van der Waals surface area contributed by atoms with E-state index in [-0.39, 0.29) is 5.56 Å². The number of aromatic nitrogens is 2. The fraction of sp³-hybridized carbons (Fsp3) is 0. The molecule has 0 spiro atoms. The van der Waals surface area contributed by atoms with Crippen LogP contribution in [0.4, 0.5) is 0 Å². The van der Waals surface area contributed by atoms with E-state index in [0.717, 1.165) is 10.0 Å². The largest absolute Gasteiger partial charge is 0.478 e. The van der Waals surface area contributed by atoms with Crippen molar-refractivity contribution in [1.29, 1.82) is 0 Å². The number of hydrogen-bond acceptors (Lipinski definition) is 3. The summed E-state index contributed by atoms with van der Waals surface area (Å²) in [5.74, 6) is -0.531. The summed E-state index contributed by atoms with van der Waals surface area (Å²) in [4.78, 5) is 18.6. The molecule has 0 aliphatic rings. The lowest BCUT2D eigenvalue weighted by molar-refractivity contribution is 0.0696. The van der Waals surface area contributed by atoms with Gasteiger partial charge in [-0.2, -0.15) is 0 Å². The normalized spacial score (nSPS) is 10.1. The van der Waals surface area contributed by atoms with Gasteiger partial charge in [-0.1, -0.05) is 34.1 Å². The van der Waals surface area contributed by atoms with Crippen LogP contribution >= 0.6 is 15.9 Å². The third kappa shape index (κ3) is 2.09. The molecule has 0 aliphatic heterocycles. The minimum absolute atomic E-state index is 0.0794. The van der Waals surface area contributed by atoms with Gasteiger partial charge in [0.2, 0.25) is 0 Å². The average Bonchev–Trinajstić information content (AvgIpc) is 2.30. The van der Waals surface area contributed by atoms with Crippen LogP contribution in [0.2, 0.25) is 0 Å². The van der Waals surface area contributed by atoms with Gasteiger partial charge in [0, 0.05) is 22.4 Å². The van der Waals surface area contributed by atoms with Gasteiger partial charge in [-0.05, 0) is 6.07 Å². The summed E-state index contributed by atoms with van der Waals surface area (Å²) in [7, 11) is 0. The average molecular weight is 279 g/mol. The molecule has 0 bridgehead atoms. The SMILES string of the molecule is O=C(O)c1cnc(-c2ccccc2Br)nc1. The van der Waals surface area contributed by atoms with Crippen LogP contribution in [0.25, 0.3) is 11.4 Å². The standard InChI is InChI=1S/C11H7BrN2O2/c12-9-4-2-1-3-8(9)10-13-5-7(6-14-10)11(15)16/h1-6H,(H,15,16). The molecule has 0 aliphatic carbocycles. The summed E-state index contributed by atoms with van der Waals surface area (Å²) in [6, 6.07) is 7.50. The summed E-state index contributed by atoms with van der Waals surface area (Å²) in [6.45, 7) is 0. The maximum atomic E-state index is 10.6. The highest BCUT2D eigenvalue weighted by molar-refractivity contribution is 9.10. The fourth-order valence-electron chi connectivity index (χ4n) is 1.22. The molecule has 80 valence electrons. The first-order valence-corrected chi connectivity index (χ1v) is 5.28. The van der Waals surface area contributed by atoms with Gasteiger partial charge in [-0.15, -0.1) is 0 Å². The molecular weight excluding hydrogens is 272 g/mol. The van der Waals surface area contributed by atoms with Crippen LogP contribution < -0.4 is 0 Å². The van der Waals surface area contributed by atoms with Crippen LogP contribution in [0.5, 0.6) is 0 Å². The zero-order valence-corrected chi connectivity index (χ0v) is 9.68. The highest BCUT2D eigenvalue weighted by atomic mass is 79.9. The zero-order chi connectivity index (χ0) is 11.5. The molecule has 1 aromatic heterocycles. The first-order chi connectivity index (χ1) is 7.68. The second kappa shape index (κ2) is 4.40. The Morgan fingerprint density at radius 2 is 1.81 bits per heavy atom. The van der Waals surface area contributed by atoms with Gasteiger partial charge in [0.1, 0.15) is 0 Å². The molecule has 1 heterocycles. The van der Waals surface area contributed by atoms with E-state index < -0.39 is 5.97 Å². The van der Waals surface area contributed by atoms with E-state index >= 15 is 0 Å². The molecular formula is C11H7BrN2O2. The Morgan fingerprint density at radius 1 is 1.19 bits per heavy atom. The molecule has 0 atom stereocenters. The van der Waals surface area contributed by atoms with E-state index in [4.69, 9.17) is 5.11 Å². The van der Waals surface area contributed by atoms with Gasteiger partial charge < -0.3 is 5.11 Å². The molecule has 1 aromatic carbocycles. The summed E-state index contributed by atoms with van der Waals surface area (Å²) < 4.78 is 0.873. The molecule has 2 rings (SSSR count). The van der Waals surface area contributed by atoms with Crippen molar-refractivity contribution in [3.8, 4) is 11.4 Å². The van der Waals surface area contributed by atoms with Gasteiger partial charge in [0.05, 0.1) is 5.56 Å². The fourth-order valence-corrected chi connectivity index (χ4v) is 1.68. The lowest BCUT2D eigenvalue weighted by Crippen LogP contribution is -1.99. The summed E-state index contributed by atoms with van der Waals surface area (Å²) >= 11 is 3.38. The third-order valence-electron chi connectivity index (χ3n) is 2.01. The van der Waals surface area contributed by atoms with Crippen LogP contribution in [0.3, 0.4) is 0 Å². The van der Waals surface area contributed by atoms with Crippen LogP contribution in [0.15, 0.2) is 41.1 Å². The number of hydrogen-bond donors (Lipinski definition) is 1. The van der Waals surface area contributed by atoms with Crippen LogP contribution in [0.1, 0.15) is 10.4 Å². The number of aromatic carboxylic acids is 1. The quantitative estimate of drug-likeness (QED) is 0.917. The lowest BCUT2D eigenvalue weighted by Gasteiger charge is -2.02. The Hall–Kier alpha value is -1.75.